The van der Waals surface area contributed by atoms with Crippen molar-refractivity contribution in [3.05, 3.63) is 40.6 Å². The number of thiophene rings is 1. The summed E-state index contributed by atoms with van der Waals surface area (Å²) in [6, 6.07) is 9.40. The molecule has 0 radical (unpaired) electrons. The van der Waals surface area contributed by atoms with Gasteiger partial charge >= 0.3 is 0 Å². The lowest BCUT2D eigenvalue weighted by molar-refractivity contribution is 0.103. The van der Waals surface area contributed by atoms with Crippen LogP contribution < -0.4 is 11.1 Å². The van der Waals surface area contributed by atoms with E-state index in [1.165, 1.54) is 11.3 Å². The zero-order chi connectivity index (χ0) is 13.7. The number of rotatable bonds is 5. The van der Waals surface area contributed by atoms with Crippen LogP contribution in [0.25, 0.3) is 0 Å². The average Bonchev–Trinajstić information content (AvgIpc) is 2.93. The van der Waals surface area contributed by atoms with Gasteiger partial charge in [0, 0.05) is 4.90 Å². The van der Waals surface area contributed by atoms with Gasteiger partial charge in [0.05, 0.1) is 16.3 Å². The number of anilines is 2. The highest BCUT2D eigenvalue weighted by atomic mass is 32.2. The van der Waals surface area contributed by atoms with Gasteiger partial charge in [-0.05, 0) is 41.8 Å². The van der Waals surface area contributed by atoms with Crippen molar-refractivity contribution in [2.75, 3.05) is 16.8 Å². The predicted molar refractivity (Wildman–Crippen MR) is 84.1 cm³/mol. The molecule has 0 saturated heterocycles. The summed E-state index contributed by atoms with van der Waals surface area (Å²) in [4.78, 5) is 13.8. The van der Waals surface area contributed by atoms with E-state index >= 15 is 0 Å². The summed E-state index contributed by atoms with van der Waals surface area (Å²) in [5, 5.41) is 4.74. The van der Waals surface area contributed by atoms with E-state index in [9.17, 15) is 4.79 Å². The minimum Gasteiger partial charge on any atom is -0.397 e. The molecular formula is C14H16N2OS2. The maximum atomic E-state index is 12.0. The highest BCUT2D eigenvalue weighted by molar-refractivity contribution is 7.99. The monoisotopic (exact) mass is 292 g/mol. The van der Waals surface area contributed by atoms with E-state index in [4.69, 9.17) is 5.73 Å². The Labute approximate surface area is 121 Å². The van der Waals surface area contributed by atoms with Crippen LogP contribution in [0.3, 0.4) is 0 Å². The minimum atomic E-state index is -0.112. The Hall–Kier alpha value is -1.46. The molecular weight excluding hydrogens is 276 g/mol. The topological polar surface area (TPSA) is 55.1 Å². The van der Waals surface area contributed by atoms with Crippen LogP contribution in [0.2, 0.25) is 0 Å². The first kappa shape index (κ1) is 14.0. The predicted octanol–water partition coefficient (Wildman–Crippen LogP) is 4.08. The van der Waals surface area contributed by atoms with Crippen molar-refractivity contribution in [2.45, 2.75) is 18.2 Å². The van der Waals surface area contributed by atoms with Crippen LogP contribution >= 0.6 is 23.1 Å². The summed E-state index contributed by atoms with van der Waals surface area (Å²) in [7, 11) is 0. The van der Waals surface area contributed by atoms with Crippen LogP contribution in [0, 0.1) is 0 Å². The third-order valence-corrected chi connectivity index (χ3v) is 4.56. The molecule has 0 atom stereocenters. The molecule has 1 aromatic carbocycles. The number of carbonyl (C=O) groups is 1. The SMILES string of the molecule is CCCSc1ccc(N)c(NC(=O)c2cccs2)c1. The van der Waals surface area contributed by atoms with E-state index in [2.05, 4.69) is 12.2 Å². The third-order valence-electron chi connectivity index (χ3n) is 2.49. The zero-order valence-electron chi connectivity index (χ0n) is 10.7. The quantitative estimate of drug-likeness (QED) is 0.645. The van der Waals surface area contributed by atoms with Crippen molar-refractivity contribution in [1.29, 1.82) is 0 Å². The summed E-state index contributed by atoms with van der Waals surface area (Å²) in [6.45, 7) is 2.14. The molecule has 3 nitrogen and oxygen atoms in total. The maximum Gasteiger partial charge on any atom is 0.265 e. The normalized spacial score (nSPS) is 10.4. The number of nitrogen functional groups attached to an aromatic ring is 1. The number of nitrogens with one attached hydrogen (secondary N) is 1. The Bertz CT molecular complexity index is 553. The fourth-order valence-electron chi connectivity index (χ4n) is 1.55. The van der Waals surface area contributed by atoms with Gasteiger partial charge in [-0.15, -0.1) is 23.1 Å². The zero-order valence-corrected chi connectivity index (χ0v) is 12.3. The summed E-state index contributed by atoms with van der Waals surface area (Å²) in [5.41, 5.74) is 7.17. The highest BCUT2D eigenvalue weighted by Crippen LogP contribution is 2.27. The molecule has 1 aromatic heterocycles. The Kier molecular flexibility index (Phi) is 4.87. The second-order valence-corrected chi connectivity index (χ2v) is 6.14. The fourth-order valence-corrected chi connectivity index (χ4v) is 2.97. The summed E-state index contributed by atoms with van der Waals surface area (Å²) in [6.07, 6.45) is 1.12. The molecule has 0 unspecified atom stereocenters. The van der Waals surface area contributed by atoms with Crippen LogP contribution in [0.4, 0.5) is 11.4 Å². The molecule has 1 heterocycles. The molecule has 0 fully saturated rings. The molecule has 0 saturated carbocycles. The standard InChI is InChI=1S/C14H16N2OS2/c1-2-7-18-10-5-6-11(15)12(9-10)16-14(17)13-4-3-8-19-13/h3-6,8-9H,2,7,15H2,1H3,(H,16,17). The Morgan fingerprint density at radius 1 is 1.42 bits per heavy atom. The van der Waals surface area contributed by atoms with Gasteiger partial charge in [0.15, 0.2) is 0 Å². The third kappa shape index (κ3) is 3.75. The van der Waals surface area contributed by atoms with E-state index in [1.54, 1.807) is 17.8 Å². The molecule has 2 aromatic rings. The lowest BCUT2D eigenvalue weighted by Crippen LogP contribution is -2.11. The van der Waals surface area contributed by atoms with Gasteiger partial charge in [0.1, 0.15) is 0 Å². The van der Waals surface area contributed by atoms with Crippen molar-refractivity contribution in [2.24, 2.45) is 0 Å². The number of nitrogens with two attached hydrogens (primary N) is 1. The Morgan fingerprint density at radius 2 is 2.26 bits per heavy atom. The lowest BCUT2D eigenvalue weighted by Gasteiger charge is -2.09. The summed E-state index contributed by atoms with van der Waals surface area (Å²) < 4.78 is 0. The van der Waals surface area contributed by atoms with Gasteiger partial charge in [-0.2, -0.15) is 0 Å². The summed E-state index contributed by atoms with van der Waals surface area (Å²) in [5.74, 6) is 0.946. The van der Waals surface area contributed by atoms with Crippen LogP contribution in [0.1, 0.15) is 23.0 Å². The number of benzene rings is 1. The first-order valence-corrected chi connectivity index (χ1v) is 7.94. The maximum absolute atomic E-state index is 12.0. The molecule has 0 spiro atoms. The number of amides is 1. The van der Waals surface area contributed by atoms with Gasteiger partial charge in [-0.3, -0.25) is 4.79 Å². The minimum absolute atomic E-state index is 0.112. The van der Waals surface area contributed by atoms with E-state index in [0.717, 1.165) is 17.1 Å². The van der Waals surface area contributed by atoms with Crippen molar-refractivity contribution < 1.29 is 4.79 Å². The average molecular weight is 292 g/mol. The number of carbonyl (C=O) groups excluding carboxylic acids is 1. The van der Waals surface area contributed by atoms with Crippen LogP contribution in [0.5, 0.6) is 0 Å². The first-order valence-electron chi connectivity index (χ1n) is 6.08. The van der Waals surface area contributed by atoms with E-state index < -0.39 is 0 Å². The highest BCUT2D eigenvalue weighted by Gasteiger charge is 2.09. The number of hydrogen-bond acceptors (Lipinski definition) is 4. The Balaban J connectivity index is 2.12. The second kappa shape index (κ2) is 6.63. The molecule has 3 N–H and O–H groups in total. The smallest absolute Gasteiger partial charge is 0.265 e. The second-order valence-electron chi connectivity index (χ2n) is 4.03. The number of thioether (sulfide) groups is 1. The molecule has 2 rings (SSSR count). The lowest BCUT2D eigenvalue weighted by atomic mass is 10.2. The molecule has 0 bridgehead atoms. The van der Waals surface area contributed by atoms with Gasteiger partial charge < -0.3 is 11.1 Å². The van der Waals surface area contributed by atoms with Crippen LogP contribution in [-0.4, -0.2) is 11.7 Å². The molecule has 100 valence electrons. The van der Waals surface area contributed by atoms with Gasteiger partial charge in [0.2, 0.25) is 0 Å². The molecule has 0 aliphatic rings. The van der Waals surface area contributed by atoms with Crippen molar-refractivity contribution >= 4 is 40.4 Å². The van der Waals surface area contributed by atoms with E-state index in [-0.39, 0.29) is 5.91 Å². The van der Waals surface area contributed by atoms with Crippen molar-refractivity contribution in [3.8, 4) is 0 Å². The fraction of sp³-hybridized carbons (Fsp3) is 0.214. The molecule has 0 aliphatic carbocycles. The largest absolute Gasteiger partial charge is 0.397 e. The van der Waals surface area contributed by atoms with E-state index in [1.807, 2.05) is 29.6 Å². The van der Waals surface area contributed by atoms with Gasteiger partial charge in [-0.25, -0.2) is 0 Å². The van der Waals surface area contributed by atoms with Crippen molar-refractivity contribution in [1.82, 2.24) is 0 Å². The molecule has 5 heteroatoms. The van der Waals surface area contributed by atoms with Crippen molar-refractivity contribution in [3.63, 3.8) is 0 Å². The van der Waals surface area contributed by atoms with Crippen LogP contribution in [0.15, 0.2) is 40.6 Å². The Morgan fingerprint density at radius 3 is 2.95 bits per heavy atom. The van der Waals surface area contributed by atoms with Crippen LogP contribution in [-0.2, 0) is 0 Å². The van der Waals surface area contributed by atoms with Gasteiger partial charge in [0.25, 0.3) is 5.91 Å². The van der Waals surface area contributed by atoms with Gasteiger partial charge in [-0.1, -0.05) is 13.0 Å². The first-order chi connectivity index (χ1) is 9.20. The summed E-state index contributed by atoms with van der Waals surface area (Å²) >= 11 is 3.18. The molecule has 19 heavy (non-hydrogen) atoms. The van der Waals surface area contributed by atoms with E-state index in [0.29, 0.717) is 16.3 Å². The molecule has 0 aliphatic heterocycles. The number of hydrogen-bond donors (Lipinski definition) is 2. The molecule has 1 amide bonds.